The van der Waals surface area contributed by atoms with Gasteiger partial charge in [-0.05, 0) is 32.0 Å². The van der Waals surface area contributed by atoms with Crippen LogP contribution in [0.3, 0.4) is 0 Å². The SMILES string of the molecule is CCOC(=O)C(C(=O)OCC)=C1CN=C(c2ccccc2Cl)c2nc(Cl)ccc2N1. The third-order valence-electron chi connectivity index (χ3n) is 4.16. The minimum absolute atomic E-state index is 0.0263. The lowest BCUT2D eigenvalue weighted by molar-refractivity contribution is -0.146. The first-order valence-corrected chi connectivity index (χ1v) is 10.0. The molecule has 0 unspecified atom stereocenters. The molecule has 1 aliphatic rings. The van der Waals surface area contributed by atoms with E-state index in [4.69, 9.17) is 32.7 Å². The van der Waals surface area contributed by atoms with Crippen LogP contribution in [0, 0.1) is 0 Å². The quantitative estimate of drug-likeness (QED) is 0.244. The van der Waals surface area contributed by atoms with Crippen molar-refractivity contribution in [1.82, 2.24) is 4.98 Å². The van der Waals surface area contributed by atoms with E-state index in [1.54, 1.807) is 44.2 Å². The van der Waals surface area contributed by atoms with Gasteiger partial charge in [0, 0.05) is 5.56 Å². The number of carbonyl (C=O) groups excluding carboxylic acids is 2. The van der Waals surface area contributed by atoms with Crippen LogP contribution in [-0.2, 0) is 19.1 Å². The Balaban J connectivity index is 2.20. The van der Waals surface area contributed by atoms with E-state index in [0.29, 0.717) is 27.7 Å². The number of fused-ring (bicyclic) bond motifs is 1. The summed E-state index contributed by atoms with van der Waals surface area (Å²) in [6.07, 6.45) is 0. The van der Waals surface area contributed by atoms with Gasteiger partial charge in [-0.3, -0.25) is 4.99 Å². The molecule has 0 saturated heterocycles. The van der Waals surface area contributed by atoms with Gasteiger partial charge in [-0.15, -0.1) is 0 Å². The number of halogens is 2. The van der Waals surface area contributed by atoms with Crippen molar-refractivity contribution in [2.45, 2.75) is 13.8 Å². The molecule has 9 heteroatoms. The van der Waals surface area contributed by atoms with Crippen LogP contribution in [0.4, 0.5) is 5.69 Å². The van der Waals surface area contributed by atoms with Crippen molar-refractivity contribution >= 4 is 46.5 Å². The Morgan fingerprint density at radius 2 is 1.70 bits per heavy atom. The van der Waals surface area contributed by atoms with E-state index in [9.17, 15) is 9.59 Å². The van der Waals surface area contributed by atoms with Gasteiger partial charge < -0.3 is 14.8 Å². The first kappa shape index (κ1) is 21.8. The second kappa shape index (κ2) is 9.73. The van der Waals surface area contributed by atoms with E-state index in [2.05, 4.69) is 15.3 Å². The molecule has 1 aromatic heterocycles. The van der Waals surface area contributed by atoms with Gasteiger partial charge in [-0.2, -0.15) is 0 Å². The van der Waals surface area contributed by atoms with Crippen LogP contribution in [0.15, 0.2) is 52.7 Å². The molecule has 2 heterocycles. The molecule has 0 bridgehead atoms. The number of benzene rings is 1. The van der Waals surface area contributed by atoms with E-state index in [-0.39, 0.29) is 36.2 Å². The van der Waals surface area contributed by atoms with Crippen LogP contribution in [-0.4, -0.2) is 42.4 Å². The van der Waals surface area contributed by atoms with Gasteiger partial charge in [0.15, 0.2) is 5.57 Å². The number of nitrogens with zero attached hydrogens (tertiary/aromatic N) is 2. The lowest BCUT2D eigenvalue weighted by Gasteiger charge is -2.14. The minimum atomic E-state index is -0.793. The summed E-state index contributed by atoms with van der Waals surface area (Å²) in [5.74, 6) is -1.59. The molecule has 0 radical (unpaired) electrons. The molecule has 0 atom stereocenters. The third kappa shape index (κ3) is 4.63. The van der Waals surface area contributed by atoms with Gasteiger partial charge in [0.2, 0.25) is 0 Å². The summed E-state index contributed by atoms with van der Waals surface area (Å²) >= 11 is 12.5. The number of aliphatic imine (C=N–C) groups is 1. The van der Waals surface area contributed by atoms with Crippen molar-refractivity contribution < 1.29 is 19.1 Å². The van der Waals surface area contributed by atoms with Gasteiger partial charge in [0.05, 0.1) is 41.9 Å². The smallest absolute Gasteiger partial charge is 0.347 e. The molecule has 1 N–H and O–H groups in total. The van der Waals surface area contributed by atoms with Crippen LogP contribution < -0.4 is 5.32 Å². The first-order valence-electron chi connectivity index (χ1n) is 9.26. The predicted octanol–water partition coefficient (Wildman–Crippen LogP) is 4.03. The van der Waals surface area contributed by atoms with Gasteiger partial charge in [-0.1, -0.05) is 41.4 Å². The highest BCUT2D eigenvalue weighted by Crippen LogP contribution is 2.29. The van der Waals surface area contributed by atoms with Crippen molar-refractivity contribution in [2.24, 2.45) is 4.99 Å². The largest absolute Gasteiger partial charge is 0.462 e. The first-order chi connectivity index (χ1) is 14.5. The predicted molar refractivity (Wildman–Crippen MR) is 115 cm³/mol. The summed E-state index contributed by atoms with van der Waals surface area (Å²) in [5, 5.41) is 3.83. The molecule has 0 spiro atoms. The Morgan fingerprint density at radius 3 is 2.33 bits per heavy atom. The maximum absolute atomic E-state index is 12.5. The third-order valence-corrected chi connectivity index (χ3v) is 4.70. The second-order valence-corrected chi connectivity index (χ2v) is 6.89. The lowest BCUT2D eigenvalue weighted by atomic mass is 10.1. The number of esters is 2. The average molecular weight is 448 g/mol. The van der Waals surface area contributed by atoms with Gasteiger partial charge in [0.25, 0.3) is 0 Å². The van der Waals surface area contributed by atoms with Crippen LogP contribution in [0.2, 0.25) is 10.2 Å². The van der Waals surface area contributed by atoms with Crippen LogP contribution in [0.1, 0.15) is 25.1 Å². The van der Waals surface area contributed by atoms with E-state index in [0.717, 1.165) is 0 Å². The fourth-order valence-corrected chi connectivity index (χ4v) is 3.27. The molecule has 156 valence electrons. The second-order valence-electron chi connectivity index (χ2n) is 6.09. The van der Waals surface area contributed by atoms with E-state index in [1.807, 2.05) is 6.07 Å². The number of rotatable bonds is 5. The van der Waals surface area contributed by atoms with Crippen LogP contribution >= 0.6 is 23.2 Å². The van der Waals surface area contributed by atoms with Crippen molar-refractivity contribution in [2.75, 3.05) is 25.1 Å². The Labute approximate surface area is 183 Å². The molecule has 0 fully saturated rings. The van der Waals surface area contributed by atoms with E-state index < -0.39 is 11.9 Å². The fourth-order valence-electron chi connectivity index (χ4n) is 2.90. The molecule has 3 rings (SSSR count). The molecule has 2 aromatic rings. The molecule has 0 amide bonds. The summed E-state index contributed by atoms with van der Waals surface area (Å²) in [7, 11) is 0. The monoisotopic (exact) mass is 447 g/mol. The molecular formula is C21H19Cl2N3O4. The number of hydrogen-bond acceptors (Lipinski definition) is 7. The highest BCUT2D eigenvalue weighted by Gasteiger charge is 2.29. The van der Waals surface area contributed by atoms with Crippen molar-refractivity contribution in [3.63, 3.8) is 0 Å². The fraction of sp³-hybridized carbons (Fsp3) is 0.238. The van der Waals surface area contributed by atoms with Crippen molar-refractivity contribution in [3.8, 4) is 0 Å². The minimum Gasteiger partial charge on any atom is -0.462 e. The highest BCUT2D eigenvalue weighted by molar-refractivity contribution is 6.36. The maximum Gasteiger partial charge on any atom is 0.347 e. The number of anilines is 1. The Kier molecular flexibility index (Phi) is 7.07. The molecular weight excluding hydrogens is 429 g/mol. The number of pyridine rings is 1. The van der Waals surface area contributed by atoms with Gasteiger partial charge in [0.1, 0.15) is 10.8 Å². The molecule has 7 nitrogen and oxygen atoms in total. The molecule has 0 aliphatic carbocycles. The topological polar surface area (TPSA) is 89.9 Å². The van der Waals surface area contributed by atoms with E-state index >= 15 is 0 Å². The molecule has 1 aliphatic heterocycles. The number of aromatic nitrogens is 1. The van der Waals surface area contributed by atoms with Crippen LogP contribution in [0.25, 0.3) is 0 Å². The standard InChI is InChI=1S/C21H19Cl2N3O4/c1-3-29-20(27)17(21(28)30-4-2)15-11-24-18(12-7-5-6-8-13(12)22)19-14(25-15)9-10-16(23)26-19/h5-10,25H,3-4,11H2,1-2H3. The number of ether oxygens (including phenoxy) is 2. The Bertz CT molecular complexity index is 1030. The highest BCUT2D eigenvalue weighted by atomic mass is 35.5. The van der Waals surface area contributed by atoms with Crippen molar-refractivity contribution in [3.05, 3.63) is 69.1 Å². The van der Waals surface area contributed by atoms with E-state index in [1.165, 1.54) is 0 Å². The zero-order valence-corrected chi connectivity index (χ0v) is 17.9. The summed E-state index contributed by atoms with van der Waals surface area (Å²) in [4.78, 5) is 34.0. The Morgan fingerprint density at radius 1 is 1.03 bits per heavy atom. The molecule has 1 aromatic carbocycles. The average Bonchev–Trinajstić information content (AvgIpc) is 2.88. The zero-order valence-electron chi connectivity index (χ0n) is 16.4. The summed E-state index contributed by atoms with van der Waals surface area (Å²) < 4.78 is 10.1. The Hall–Kier alpha value is -2.90. The van der Waals surface area contributed by atoms with Gasteiger partial charge >= 0.3 is 11.9 Å². The summed E-state index contributed by atoms with van der Waals surface area (Å²) in [6, 6.07) is 10.5. The number of nitrogens with one attached hydrogen (secondary N) is 1. The van der Waals surface area contributed by atoms with Gasteiger partial charge in [-0.25, -0.2) is 14.6 Å². The lowest BCUT2D eigenvalue weighted by Crippen LogP contribution is -2.23. The number of hydrogen-bond donors (Lipinski definition) is 1. The number of carbonyl (C=O) groups is 2. The van der Waals surface area contributed by atoms with Crippen LogP contribution in [0.5, 0.6) is 0 Å². The molecule has 0 saturated carbocycles. The summed E-state index contributed by atoms with van der Waals surface area (Å²) in [5.41, 5.74) is 2.07. The zero-order chi connectivity index (χ0) is 21.7. The molecule has 30 heavy (non-hydrogen) atoms. The normalized spacial score (nSPS) is 12.8. The summed E-state index contributed by atoms with van der Waals surface area (Å²) in [6.45, 7) is 3.50. The van der Waals surface area contributed by atoms with Crippen molar-refractivity contribution in [1.29, 1.82) is 0 Å². The maximum atomic E-state index is 12.5.